The average Bonchev–Trinajstić information content (AvgIpc) is 2.58. The normalized spacial score (nSPS) is 27.2. The first-order chi connectivity index (χ1) is 9.80. The Bertz CT molecular complexity index is 394. The van der Waals surface area contributed by atoms with Gasteiger partial charge in [0.2, 0.25) is 11.8 Å². The van der Waals surface area contributed by atoms with Gasteiger partial charge < -0.3 is 10.2 Å². The van der Waals surface area contributed by atoms with Crippen LogP contribution in [0.15, 0.2) is 0 Å². The molecule has 2 atom stereocenters. The first-order valence-corrected chi connectivity index (χ1v) is 8.40. The molecule has 1 N–H and O–H groups in total. The second kappa shape index (κ2) is 6.37. The van der Waals surface area contributed by atoms with Crippen molar-refractivity contribution in [2.75, 3.05) is 6.54 Å². The Kier molecular flexibility index (Phi) is 4.95. The Hall–Kier alpha value is -1.06. The lowest BCUT2D eigenvalue weighted by Gasteiger charge is -2.39. The zero-order valence-electron chi connectivity index (χ0n) is 13.9. The Morgan fingerprint density at radius 2 is 1.76 bits per heavy atom. The molecule has 1 saturated carbocycles. The van der Waals surface area contributed by atoms with Crippen LogP contribution in [0.2, 0.25) is 0 Å². The standard InChI is InChI=1S/C17H30N2O2/c1-12(17(2,3)4)19-11-10-14(20)18-15(16(19)21)13-8-6-5-7-9-13/h12-13,15H,5-11H2,1-4H3,(H,18,20). The summed E-state index contributed by atoms with van der Waals surface area (Å²) in [6, 6.07) is -0.158. The van der Waals surface area contributed by atoms with E-state index >= 15 is 0 Å². The second-order valence-electron chi connectivity index (χ2n) is 7.77. The third-order valence-corrected chi connectivity index (χ3v) is 5.29. The van der Waals surface area contributed by atoms with Crippen LogP contribution in [0.4, 0.5) is 0 Å². The van der Waals surface area contributed by atoms with Crippen molar-refractivity contribution in [2.24, 2.45) is 11.3 Å². The molecule has 4 nitrogen and oxygen atoms in total. The highest BCUT2D eigenvalue weighted by Gasteiger charge is 2.39. The van der Waals surface area contributed by atoms with Crippen LogP contribution < -0.4 is 5.32 Å². The van der Waals surface area contributed by atoms with E-state index in [1.807, 2.05) is 4.90 Å². The van der Waals surface area contributed by atoms with Crippen molar-refractivity contribution in [1.29, 1.82) is 0 Å². The number of hydrogen-bond acceptors (Lipinski definition) is 2. The maximum Gasteiger partial charge on any atom is 0.245 e. The van der Waals surface area contributed by atoms with E-state index in [-0.39, 0.29) is 29.3 Å². The fourth-order valence-corrected chi connectivity index (χ4v) is 3.46. The Labute approximate surface area is 128 Å². The van der Waals surface area contributed by atoms with E-state index in [0.717, 1.165) is 12.8 Å². The van der Waals surface area contributed by atoms with E-state index in [1.54, 1.807) is 0 Å². The monoisotopic (exact) mass is 294 g/mol. The van der Waals surface area contributed by atoms with Gasteiger partial charge in [0, 0.05) is 19.0 Å². The Balaban J connectivity index is 2.19. The zero-order chi connectivity index (χ0) is 15.6. The molecule has 0 bridgehead atoms. The average molecular weight is 294 g/mol. The van der Waals surface area contributed by atoms with Gasteiger partial charge in [0.15, 0.2) is 0 Å². The van der Waals surface area contributed by atoms with Crippen LogP contribution in [0.5, 0.6) is 0 Å². The summed E-state index contributed by atoms with van der Waals surface area (Å²) in [7, 11) is 0. The van der Waals surface area contributed by atoms with Crippen molar-refractivity contribution in [3.8, 4) is 0 Å². The highest BCUT2D eigenvalue weighted by atomic mass is 16.2. The van der Waals surface area contributed by atoms with Gasteiger partial charge in [-0.2, -0.15) is 0 Å². The maximum atomic E-state index is 13.0. The molecule has 2 unspecified atom stereocenters. The molecule has 0 spiro atoms. The first kappa shape index (κ1) is 16.3. The number of hydrogen-bond donors (Lipinski definition) is 1. The number of nitrogens with one attached hydrogen (secondary N) is 1. The molecule has 4 heteroatoms. The summed E-state index contributed by atoms with van der Waals surface area (Å²) >= 11 is 0. The van der Waals surface area contributed by atoms with Crippen LogP contribution >= 0.6 is 0 Å². The largest absolute Gasteiger partial charge is 0.344 e. The highest BCUT2D eigenvalue weighted by molar-refractivity contribution is 5.90. The van der Waals surface area contributed by atoms with Gasteiger partial charge in [-0.25, -0.2) is 0 Å². The van der Waals surface area contributed by atoms with Gasteiger partial charge in [0.05, 0.1) is 0 Å². The van der Waals surface area contributed by atoms with Crippen LogP contribution in [0, 0.1) is 11.3 Å². The summed E-state index contributed by atoms with van der Waals surface area (Å²) < 4.78 is 0. The lowest BCUT2D eigenvalue weighted by molar-refractivity contribution is -0.139. The van der Waals surface area contributed by atoms with Gasteiger partial charge in [0.1, 0.15) is 6.04 Å². The van der Waals surface area contributed by atoms with Crippen molar-refractivity contribution in [3.05, 3.63) is 0 Å². The number of amides is 2. The third kappa shape index (κ3) is 3.78. The third-order valence-electron chi connectivity index (χ3n) is 5.29. The van der Waals surface area contributed by atoms with Crippen LogP contribution in [0.25, 0.3) is 0 Å². The Morgan fingerprint density at radius 3 is 2.33 bits per heavy atom. The van der Waals surface area contributed by atoms with Gasteiger partial charge in [0.25, 0.3) is 0 Å². The summed E-state index contributed by atoms with van der Waals surface area (Å²) in [5.74, 6) is 0.487. The number of nitrogens with zero attached hydrogens (tertiary/aromatic N) is 1. The maximum absolute atomic E-state index is 13.0. The van der Waals surface area contributed by atoms with E-state index in [4.69, 9.17) is 0 Å². The second-order valence-corrected chi connectivity index (χ2v) is 7.77. The predicted octanol–water partition coefficient (Wildman–Crippen LogP) is 2.72. The van der Waals surface area contributed by atoms with Gasteiger partial charge in [-0.1, -0.05) is 40.0 Å². The smallest absolute Gasteiger partial charge is 0.245 e. The highest BCUT2D eigenvalue weighted by Crippen LogP contribution is 2.31. The molecule has 1 aliphatic carbocycles. The van der Waals surface area contributed by atoms with Gasteiger partial charge in [-0.15, -0.1) is 0 Å². The molecule has 1 heterocycles. The summed E-state index contributed by atoms with van der Waals surface area (Å²) in [6.07, 6.45) is 6.17. The quantitative estimate of drug-likeness (QED) is 0.851. The van der Waals surface area contributed by atoms with Crippen LogP contribution in [-0.4, -0.2) is 35.3 Å². The molecule has 120 valence electrons. The SMILES string of the molecule is CC(N1CCC(=O)NC(C2CCCCC2)C1=O)C(C)(C)C. The molecule has 0 aromatic rings. The molecular formula is C17H30N2O2. The molecule has 2 aliphatic rings. The molecule has 2 fully saturated rings. The van der Waals surface area contributed by atoms with Crippen molar-refractivity contribution in [2.45, 2.75) is 78.3 Å². The van der Waals surface area contributed by atoms with Crippen molar-refractivity contribution >= 4 is 11.8 Å². The van der Waals surface area contributed by atoms with Crippen molar-refractivity contribution in [1.82, 2.24) is 10.2 Å². The van der Waals surface area contributed by atoms with Crippen LogP contribution in [-0.2, 0) is 9.59 Å². The number of rotatable bonds is 2. The predicted molar refractivity (Wildman–Crippen MR) is 83.8 cm³/mol. The van der Waals surface area contributed by atoms with Crippen molar-refractivity contribution in [3.63, 3.8) is 0 Å². The number of carbonyl (C=O) groups is 2. The summed E-state index contributed by atoms with van der Waals surface area (Å²) in [5, 5.41) is 3.00. The molecule has 0 aromatic heterocycles. The zero-order valence-corrected chi connectivity index (χ0v) is 13.9. The van der Waals surface area contributed by atoms with Crippen molar-refractivity contribution < 1.29 is 9.59 Å². The first-order valence-electron chi connectivity index (χ1n) is 8.40. The summed E-state index contributed by atoms with van der Waals surface area (Å²) in [6.45, 7) is 9.11. The minimum atomic E-state index is -0.301. The molecule has 0 aromatic carbocycles. The van der Waals surface area contributed by atoms with Crippen LogP contribution in [0.1, 0.15) is 66.2 Å². The molecule has 1 saturated heterocycles. The minimum Gasteiger partial charge on any atom is -0.344 e. The lowest BCUT2D eigenvalue weighted by atomic mass is 9.82. The van der Waals surface area contributed by atoms with E-state index in [1.165, 1.54) is 19.3 Å². The van der Waals surface area contributed by atoms with Gasteiger partial charge in [-0.3, -0.25) is 9.59 Å². The minimum absolute atomic E-state index is 0.0279. The lowest BCUT2D eigenvalue weighted by Crippen LogP contribution is -2.54. The summed E-state index contributed by atoms with van der Waals surface area (Å²) in [4.78, 5) is 26.9. The van der Waals surface area contributed by atoms with E-state index in [0.29, 0.717) is 18.9 Å². The topological polar surface area (TPSA) is 49.4 Å². The van der Waals surface area contributed by atoms with Gasteiger partial charge >= 0.3 is 0 Å². The van der Waals surface area contributed by atoms with E-state index in [9.17, 15) is 9.59 Å². The van der Waals surface area contributed by atoms with E-state index < -0.39 is 0 Å². The molecule has 2 amide bonds. The molecule has 2 rings (SSSR count). The molecule has 1 aliphatic heterocycles. The van der Waals surface area contributed by atoms with Crippen LogP contribution in [0.3, 0.4) is 0 Å². The fourth-order valence-electron chi connectivity index (χ4n) is 3.46. The summed E-state index contributed by atoms with van der Waals surface area (Å²) in [5.41, 5.74) is 0.0279. The molecule has 0 radical (unpaired) electrons. The molecular weight excluding hydrogens is 264 g/mol. The van der Waals surface area contributed by atoms with E-state index in [2.05, 4.69) is 33.0 Å². The number of carbonyl (C=O) groups excluding carboxylic acids is 2. The molecule has 21 heavy (non-hydrogen) atoms. The van der Waals surface area contributed by atoms with Gasteiger partial charge in [-0.05, 0) is 31.1 Å². The fraction of sp³-hybridized carbons (Fsp3) is 0.882. The Morgan fingerprint density at radius 1 is 1.14 bits per heavy atom.